The summed E-state index contributed by atoms with van der Waals surface area (Å²) in [6.07, 6.45) is 3.37. The number of fused-ring (bicyclic) bond motifs is 1. The lowest BCUT2D eigenvalue weighted by Gasteiger charge is -2.08. The van der Waals surface area contributed by atoms with Crippen LogP contribution in [0.4, 0.5) is 4.39 Å². The Bertz CT molecular complexity index is 741. The third-order valence-corrected chi connectivity index (χ3v) is 3.32. The van der Waals surface area contributed by atoms with Crippen molar-refractivity contribution in [2.24, 2.45) is 5.73 Å². The van der Waals surface area contributed by atoms with Gasteiger partial charge in [-0.25, -0.2) is 4.39 Å². The fourth-order valence-corrected chi connectivity index (χ4v) is 2.33. The van der Waals surface area contributed by atoms with Crippen LogP contribution in [0.25, 0.3) is 11.0 Å². The highest BCUT2D eigenvalue weighted by atomic mass is 79.9. The zero-order chi connectivity index (χ0) is 13.4. The van der Waals surface area contributed by atoms with Gasteiger partial charge >= 0.3 is 0 Å². The summed E-state index contributed by atoms with van der Waals surface area (Å²) in [6, 6.07) is 7.59. The molecule has 3 rings (SSSR count). The minimum atomic E-state index is -0.430. The topological polar surface area (TPSA) is 52.0 Å². The van der Waals surface area contributed by atoms with Crippen molar-refractivity contribution in [2.45, 2.75) is 6.04 Å². The lowest BCUT2D eigenvalue weighted by atomic mass is 10.1. The molecular weight excluding hydrogens is 311 g/mol. The minimum absolute atomic E-state index is 0.294. The number of aromatic nitrogens is 1. The van der Waals surface area contributed by atoms with E-state index in [1.54, 1.807) is 24.5 Å². The molecule has 2 N–H and O–H groups in total. The zero-order valence-electron chi connectivity index (χ0n) is 9.81. The second-order valence-corrected chi connectivity index (χ2v) is 5.16. The number of benzene rings is 1. The van der Waals surface area contributed by atoms with Crippen LogP contribution < -0.4 is 5.73 Å². The van der Waals surface area contributed by atoms with Crippen LogP contribution >= 0.6 is 15.9 Å². The van der Waals surface area contributed by atoms with Crippen LogP contribution in [0.15, 0.2) is 51.6 Å². The van der Waals surface area contributed by atoms with Crippen LogP contribution in [0.1, 0.15) is 17.4 Å². The van der Waals surface area contributed by atoms with Gasteiger partial charge in [0.1, 0.15) is 17.2 Å². The normalized spacial score (nSPS) is 12.8. The first-order chi connectivity index (χ1) is 9.13. The average molecular weight is 321 g/mol. The van der Waals surface area contributed by atoms with E-state index in [0.717, 1.165) is 10.0 Å². The van der Waals surface area contributed by atoms with Gasteiger partial charge in [-0.15, -0.1) is 0 Å². The van der Waals surface area contributed by atoms with E-state index >= 15 is 0 Å². The fourth-order valence-electron chi connectivity index (χ4n) is 1.95. The van der Waals surface area contributed by atoms with Gasteiger partial charge < -0.3 is 10.2 Å². The van der Waals surface area contributed by atoms with Crippen molar-refractivity contribution >= 4 is 26.9 Å². The summed E-state index contributed by atoms with van der Waals surface area (Å²) < 4.78 is 19.6. The van der Waals surface area contributed by atoms with Gasteiger partial charge in [-0.1, -0.05) is 0 Å². The first-order valence-electron chi connectivity index (χ1n) is 5.68. The van der Waals surface area contributed by atoms with E-state index < -0.39 is 6.04 Å². The summed E-state index contributed by atoms with van der Waals surface area (Å²) in [5, 5.41) is 0.702. The lowest BCUT2D eigenvalue weighted by Crippen LogP contribution is -2.11. The predicted molar refractivity (Wildman–Crippen MR) is 74.1 cm³/mol. The van der Waals surface area contributed by atoms with Gasteiger partial charge in [-0.3, -0.25) is 4.98 Å². The molecule has 19 heavy (non-hydrogen) atoms. The van der Waals surface area contributed by atoms with Gasteiger partial charge in [-0.2, -0.15) is 0 Å². The van der Waals surface area contributed by atoms with E-state index in [0.29, 0.717) is 16.7 Å². The first-order valence-corrected chi connectivity index (χ1v) is 6.48. The molecule has 0 bridgehead atoms. The molecule has 2 heterocycles. The number of hydrogen-bond acceptors (Lipinski definition) is 3. The molecule has 3 aromatic rings. The summed E-state index contributed by atoms with van der Waals surface area (Å²) in [7, 11) is 0. The maximum absolute atomic E-state index is 13.1. The van der Waals surface area contributed by atoms with Crippen molar-refractivity contribution in [2.75, 3.05) is 0 Å². The van der Waals surface area contributed by atoms with Crippen molar-refractivity contribution < 1.29 is 8.81 Å². The van der Waals surface area contributed by atoms with Crippen LogP contribution in [0.3, 0.4) is 0 Å². The highest BCUT2D eigenvalue weighted by Crippen LogP contribution is 2.27. The molecule has 3 nitrogen and oxygen atoms in total. The molecule has 1 atom stereocenters. The average Bonchev–Trinajstić information content (AvgIpc) is 2.80. The van der Waals surface area contributed by atoms with Crippen molar-refractivity contribution in [3.05, 3.63) is 64.3 Å². The van der Waals surface area contributed by atoms with Crippen LogP contribution in [-0.4, -0.2) is 4.98 Å². The van der Waals surface area contributed by atoms with Crippen molar-refractivity contribution in [3.63, 3.8) is 0 Å². The Kier molecular flexibility index (Phi) is 3.08. The molecule has 0 aliphatic heterocycles. The molecule has 0 saturated carbocycles. The van der Waals surface area contributed by atoms with E-state index in [-0.39, 0.29) is 5.82 Å². The minimum Gasteiger partial charge on any atom is -0.459 e. The van der Waals surface area contributed by atoms with Crippen LogP contribution in [0.5, 0.6) is 0 Å². The van der Waals surface area contributed by atoms with Crippen LogP contribution in [0, 0.1) is 5.82 Å². The van der Waals surface area contributed by atoms with Crippen LogP contribution in [0.2, 0.25) is 0 Å². The SMILES string of the molecule is NC(c1cncc(Br)c1)c1cc2cc(F)ccc2o1. The maximum atomic E-state index is 13.1. The van der Waals surface area contributed by atoms with Gasteiger partial charge in [0, 0.05) is 22.3 Å². The molecule has 0 aliphatic carbocycles. The number of hydrogen-bond donors (Lipinski definition) is 1. The molecule has 0 fully saturated rings. The molecule has 96 valence electrons. The number of nitrogens with zero attached hydrogens (tertiary/aromatic N) is 1. The Balaban J connectivity index is 2.04. The fraction of sp³-hybridized carbons (Fsp3) is 0.0714. The lowest BCUT2D eigenvalue weighted by molar-refractivity contribution is 0.524. The summed E-state index contributed by atoms with van der Waals surface area (Å²) in [5.41, 5.74) is 7.59. The standard InChI is InChI=1S/C14H10BrFN2O/c15-10-3-9(6-18-7-10)14(17)13-5-8-4-11(16)1-2-12(8)19-13/h1-7,14H,17H2. The molecule has 0 radical (unpaired) electrons. The molecular formula is C14H10BrFN2O. The Morgan fingerprint density at radius 1 is 1.21 bits per heavy atom. The Morgan fingerprint density at radius 3 is 2.84 bits per heavy atom. The van der Waals surface area contributed by atoms with Gasteiger partial charge in [-0.05, 0) is 51.8 Å². The highest BCUT2D eigenvalue weighted by Gasteiger charge is 2.15. The summed E-state index contributed by atoms with van der Waals surface area (Å²) in [5.74, 6) is 0.290. The Hall–Kier alpha value is -1.72. The van der Waals surface area contributed by atoms with Crippen LogP contribution in [-0.2, 0) is 0 Å². The Labute approximate surface area is 117 Å². The number of nitrogens with two attached hydrogens (primary N) is 1. The van der Waals surface area contributed by atoms with E-state index in [2.05, 4.69) is 20.9 Å². The summed E-state index contributed by atoms with van der Waals surface area (Å²) in [4.78, 5) is 4.07. The summed E-state index contributed by atoms with van der Waals surface area (Å²) in [6.45, 7) is 0. The van der Waals surface area contributed by atoms with E-state index in [4.69, 9.17) is 10.2 Å². The molecule has 0 amide bonds. The molecule has 2 aromatic heterocycles. The van der Waals surface area contributed by atoms with Crippen molar-refractivity contribution in [1.82, 2.24) is 4.98 Å². The van der Waals surface area contributed by atoms with E-state index in [9.17, 15) is 4.39 Å². The van der Waals surface area contributed by atoms with Gasteiger partial charge in [0.05, 0.1) is 6.04 Å². The molecule has 5 heteroatoms. The second-order valence-electron chi connectivity index (χ2n) is 4.25. The maximum Gasteiger partial charge on any atom is 0.134 e. The van der Waals surface area contributed by atoms with E-state index in [1.807, 2.05) is 6.07 Å². The quantitative estimate of drug-likeness (QED) is 0.781. The monoisotopic (exact) mass is 320 g/mol. The highest BCUT2D eigenvalue weighted by molar-refractivity contribution is 9.10. The molecule has 0 saturated heterocycles. The summed E-state index contributed by atoms with van der Waals surface area (Å²) >= 11 is 3.35. The number of pyridine rings is 1. The predicted octanol–water partition coefficient (Wildman–Crippen LogP) is 3.78. The van der Waals surface area contributed by atoms with Crippen molar-refractivity contribution in [3.8, 4) is 0 Å². The van der Waals surface area contributed by atoms with Crippen molar-refractivity contribution in [1.29, 1.82) is 0 Å². The van der Waals surface area contributed by atoms with E-state index in [1.165, 1.54) is 12.1 Å². The Morgan fingerprint density at radius 2 is 2.05 bits per heavy atom. The largest absolute Gasteiger partial charge is 0.459 e. The molecule has 1 aromatic carbocycles. The van der Waals surface area contributed by atoms with Gasteiger partial charge in [0.15, 0.2) is 0 Å². The molecule has 0 spiro atoms. The first kappa shape index (κ1) is 12.3. The molecule has 0 aliphatic rings. The number of furan rings is 1. The molecule has 1 unspecified atom stereocenters. The van der Waals surface area contributed by atoms with Gasteiger partial charge in [0.2, 0.25) is 0 Å². The second kappa shape index (κ2) is 4.75. The number of halogens is 2. The third kappa shape index (κ3) is 2.39. The number of rotatable bonds is 2. The zero-order valence-corrected chi connectivity index (χ0v) is 11.4. The third-order valence-electron chi connectivity index (χ3n) is 2.89. The smallest absolute Gasteiger partial charge is 0.134 e. The van der Waals surface area contributed by atoms with Gasteiger partial charge in [0.25, 0.3) is 0 Å².